The Hall–Kier alpha value is -3.96. The molecule has 0 bridgehead atoms. The summed E-state index contributed by atoms with van der Waals surface area (Å²) in [6, 6.07) is 3.71. The molecule has 248 valence electrons. The molecule has 0 saturated carbocycles. The van der Waals surface area contributed by atoms with Crippen molar-refractivity contribution in [2.45, 2.75) is 116 Å². The zero-order valence-corrected chi connectivity index (χ0v) is 27.5. The molecule has 2 fully saturated rings. The Morgan fingerprint density at radius 2 is 1.44 bits per heavy atom. The van der Waals surface area contributed by atoms with Crippen LogP contribution in [0.4, 0.5) is 0 Å². The van der Waals surface area contributed by atoms with Gasteiger partial charge in [0.05, 0.1) is 6.42 Å². The van der Waals surface area contributed by atoms with Crippen LogP contribution in [0.3, 0.4) is 0 Å². The number of carbonyl (C=O) groups is 6. The number of rotatable bonds is 7. The van der Waals surface area contributed by atoms with E-state index in [0.29, 0.717) is 12.8 Å². The largest absolute Gasteiger partial charge is 0.460 e. The third kappa shape index (κ3) is 10.3. The van der Waals surface area contributed by atoms with Crippen LogP contribution in [0.1, 0.15) is 79.7 Å². The van der Waals surface area contributed by atoms with Crippen molar-refractivity contribution in [3.05, 3.63) is 35.9 Å². The SMILES string of the molecule is CC(C)C[C@@H]1NC(=O)[C@@H](C(C)C)NC(=O)[C@@H]2CCCN2C(=O)[C@@H](CC(=O)OC(C)(C)C)NC(=O)[C@@H](Cc2ccccc2)NC1=O. The number of nitrogens with one attached hydrogen (secondary N) is 4. The molecule has 0 radical (unpaired) electrons. The van der Waals surface area contributed by atoms with Crippen molar-refractivity contribution in [3.63, 3.8) is 0 Å². The fraction of sp³-hybridized carbons (Fsp3) is 0.636. The lowest BCUT2D eigenvalue weighted by molar-refractivity contribution is -0.158. The van der Waals surface area contributed by atoms with Gasteiger partial charge >= 0.3 is 5.97 Å². The van der Waals surface area contributed by atoms with Crippen molar-refractivity contribution in [1.29, 1.82) is 0 Å². The van der Waals surface area contributed by atoms with Crippen molar-refractivity contribution in [3.8, 4) is 0 Å². The van der Waals surface area contributed by atoms with Crippen molar-refractivity contribution in [2.24, 2.45) is 11.8 Å². The first-order chi connectivity index (χ1) is 21.1. The number of hydrogen-bond acceptors (Lipinski definition) is 7. The summed E-state index contributed by atoms with van der Waals surface area (Å²) < 4.78 is 5.47. The first-order valence-corrected chi connectivity index (χ1v) is 15.8. The fourth-order valence-electron chi connectivity index (χ4n) is 5.61. The second kappa shape index (κ2) is 15.4. The summed E-state index contributed by atoms with van der Waals surface area (Å²) in [4.78, 5) is 83.0. The second-order valence-electron chi connectivity index (χ2n) is 13.7. The number of fused-ring (bicyclic) bond motifs is 1. The van der Waals surface area contributed by atoms with E-state index in [1.165, 1.54) is 4.90 Å². The highest BCUT2D eigenvalue weighted by atomic mass is 16.6. The van der Waals surface area contributed by atoms with Gasteiger partial charge in [0, 0.05) is 13.0 Å². The van der Waals surface area contributed by atoms with E-state index in [1.54, 1.807) is 34.6 Å². The van der Waals surface area contributed by atoms with Crippen molar-refractivity contribution in [1.82, 2.24) is 26.2 Å². The highest BCUT2D eigenvalue weighted by molar-refractivity contribution is 5.99. The summed E-state index contributed by atoms with van der Waals surface area (Å²) in [7, 11) is 0. The van der Waals surface area contributed by atoms with E-state index < -0.39 is 77.7 Å². The number of carbonyl (C=O) groups excluding carboxylic acids is 6. The molecule has 4 N–H and O–H groups in total. The van der Waals surface area contributed by atoms with Gasteiger partial charge in [-0.15, -0.1) is 0 Å². The molecule has 1 aromatic carbocycles. The summed E-state index contributed by atoms with van der Waals surface area (Å²) in [5.41, 5.74) is -0.0784. The third-order valence-corrected chi connectivity index (χ3v) is 7.75. The Balaban J connectivity index is 2.08. The number of amides is 5. The lowest BCUT2D eigenvalue weighted by Crippen LogP contribution is -2.59. The van der Waals surface area contributed by atoms with Crippen LogP contribution in [0.25, 0.3) is 0 Å². The van der Waals surface area contributed by atoms with E-state index >= 15 is 0 Å². The minimum absolute atomic E-state index is 0.0134. The van der Waals surface area contributed by atoms with E-state index in [0.717, 1.165) is 5.56 Å². The summed E-state index contributed by atoms with van der Waals surface area (Å²) in [6.07, 6.45) is 0.785. The maximum absolute atomic E-state index is 14.0. The minimum atomic E-state index is -1.35. The maximum atomic E-state index is 14.0. The molecular weight excluding hydrogens is 578 g/mol. The predicted octanol–water partition coefficient (Wildman–Crippen LogP) is 1.61. The van der Waals surface area contributed by atoms with Crippen molar-refractivity contribution in [2.75, 3.05) is 6.54 Å². The molecule has 2 aliphatic heterocycles. The summed E-state index contributed by atoms with van der Waals surface area (Å²) in [6.45, 7) is 12.7. The standard InChI is InChI=1S/C33H49N5O7/c1-19(2)16-22-28(40)34-23(17-21-12-9-8-10-13-21)29(41)36-24(18-26(39)45-33(5,6)7)32(44)38-15-11-14-25(38)30(42)37-27(20(3)4)31(43)35-22/h8-10,12-13,19-20,22-25,27H,11,14-18H2,1-7H3,(H,34,40)(H,35,43)(H,36,41)(H,37,42)/t22-,23+,24+,25-,27+/m0/s1. The molecule has 5 atom stereocenters. The molecule has 0 aliphatic carbocycles. The topological polar surface area (TPSA) is 163 Å². The van der Waals surface area contributed by atoms with E-state index in [-0.39, 0.29) is 31.2 Å². The highest BCUT2D eigenvalue weighted by Gasteiger charge is 2.42. The van der Waals surface area contributed by atoms with Gasteiger partial charge in [0.2, 0.25) is 29.5 Å². The van der Waals surface area contributed by atoms with Gasteiger partial charge in [-0.2, -0.15) is 0 Å². The minimum Gasteiger partial charge on any atom is -0.460 e. The molecular formula is C33H49N5O7. The number of ether oxygens (including phenoxy) is 1. The Morgan fingerprint density at radius 3 is 2.04 bits per heavy atom. The quantitative estimate of drug-likeness (QED) is 0.334. The van der Waals surface area contributed by atoms with E-state index in [4.69, 9.17) is 4.74 Å². The highest BCUT2D eigenvalue weighted by Crippen LogP contribution is 2.21. The first kappa shape index (κ1) is 35.5. The Bertz CT molecular complexity index is 1240. The van der Waals surface area contributed by atoms with E-state index in [2.05, 4.69) is 21.3 Å². The third-order valence-electron chi connectivity index (χ3n) is 7.75. The number of hydrogen-bond donors (Lipinski definition) is 4. The van der Waals surface area contributed by atoms with Gasteiger partial charge in [-0.3, -0.25) is 28.8 Å². The zero-order chi connectivity index (χ0) is 33.5. The van der Waals surface area contributed by atoms with E-state index in [9.17, 15) is 28.8 Å². The van der Waals surface area contributed by atoms with Crippen LogP contribution in [0.2, 0.25) is 0 Å². The van der Waals surface area contributed by atoms with Crippen LogP contribution >= 0.6 is 0 Å². The predicted molar refractivity (Wildman–Crippen MR) is 167 cm³/mol. The molecule has 2 heterocycles. The molecule has 2 saturated heterocycles. The number of benzene rings is 1. The smallest absolute Gasteiger partial charge is 0.308 e. The molecule has 1 aromatic rings. The summed E-state index contributed by atoms with van der Waals surface area (Å²) >= 11 is 0. The van der Waals surface area contributed by atoms with Gasteiger partial charge in [-0.25, -0.2) is 0 Å². The van der Waals surface area contributed by atoms with Gasteiger partial charge in [0.1, 0.15) is 35.8 Å². The van der Waals surface area contributed by atoms with Crippen LogP contribution in [-0.4, -0.2) is 82.8 Å². The van der Waals surface area contributed by atoms with Gasteiger partial charge < -0.3 is 30.9 Å². The lowest BCUT2D eigenvalue weighted by atomic mass is 9.98. The number of esters is 1. The van der Waals surface area contributed by atoms with Crippen LogP contribution in [0, 0.1) is 11.8 Å². The normalized spacial score (nSPS) is 25.5. The van der Waals surface area contributed by atoms with Gasteiger partial charge in [0.25, 0.3) is 0 Å². The Morgan fingerprint density at radius 1 is 0.844 bits per heavy atom. The van der Waals surface area contributed by atoms with Crippen LogP contribution in [0.5, 0.6) is 0 Å². The Kier molecular flexibility index (Phi) is 12.1. The van der Waals surface area contributed by atoms with Crippen LogP contribution in [0.15, 0.2) is 30.3 Å². The molecule has 45 heavy (non-hydrogen) atoms. The molecule has 0 unspecified atom stereocenters. The van der Waals surface area contributed by atoms with Gasteiger partial charge in [-0.1, -0.05) is 58.0 Å². The monoisotopic (exact) mass is 627 g/mol. The molecule has 2 aliphatic rings. The van der Waals surface area contributed by atoms with Gasteiger partial charge in [0.15, 0.2) is 0 Å². The van der Waals surface area contributed by atoms with Crippen LogP contribution < -0.4 is 21.3 Å². The molecule has 0 spiro atoms. The summed E-state index contributed by atoms with van der Waals surface area (Å²) in [5, 5.41) is 11.1. The van der Waals surface area contributed by atoms with Crippen molar-refractivity contribution < 1.29 is 33.5 Å². The lowest BCUT2D eigenvalue weighted by Gasteiger charge is -2.31. The fourth-order valence-corrected chi connectivity index (χ4v) is 5.61. The van der Waals surface area contributed by atoms with Crippen LogP contribution in [-0.2, 0) is 39.9 Å². The summed E-state index contributed by atoms with van der Waals surface area (Å²) in [5.74, 6) is -3.93. The second-order valence-corrected chi connectivity index (χ2v) is 13.7. The molecule has 12 heteroatoms. The van der Waals surface area contributed by atoms with Gasteiger partial charge in [-0.05, 0) is 57.4 Å². The first-order valence-electron chi connectivity index (χ1n) is 15.8. The number of nitrogens with zero attached hydrogens (tertiary/aromatic N) is 1. The van der Waals surface area contributed by atoms with E-state index in [1.807, 2.05) is 44.2 Å². The molecule has 3 rings (SSSR count). The molecule has 12 nitrogen and oxygen atoms in total. The average molecular weight is 628 g/mol. The van der Waals surface area contributed by atoms with Crippen molar-refractivity contribution >= 4 is 35.5 Å². The average Bonchev–Trinajstić information content (AvgIpc) is 3.43. The Labute approximate surface area is 265 Å². The molecule has 0 aromatic heterocycles. The maximum Gasteiger partial charge on any atom is 0.308 e. The zero-order valence-electron chi connectivity index (χ0n) is 27.5. The molecule has 5 amide bonds.